The SMILES string of the molecule is Cc1cnc(C)c(-c2ccc(NC(=O)[C@@H](NC(=O)c3ccnn3CCC(C)O)C(C3CC3)C3CC3)nc2F)c1. The number of halogens is 1. The highest BCUT2D eigenvalue weighted by atomic mass is 19.1. The molecule has 9 nitrogen and oxygen atoms in total. The van der Waals surface area contributed by atoms with Gasteiger partial charge >= 0.3 is 0 Å². The lowest BCUT2D eigenvalue weighted by atomic mass is 9.88. The Morgan fingerprint density at radius 3 is 2.49 bits per heavy atom. The van der Waals surface area contributed by atoms with Crippen molar-refractivity contribution in [1.82, 2.24) is 25.1 Å². The number of amides is 2. The van der Waals surface area contributed by atoms with Gasteiger partial charge in [0.1, 0.15) is 17.6 Å². The van der Waals surface area contributed by atoms with E-state index in [1.165, 1.54) is 10.9 Å². The molecule has 2 amide bonds. The first-order chi connectivity index (χ1) is 18.7. The van der Waals surface area contributed by atoms with Gasteiger partial charge in [0.2, 0.25) is 11.9 Å². The molecule has 2 aliphatic rings. The van der Waals surface area contributed by atoms with Gasteiger partial charge in [0.25, 0.3) is 5.91 Å². The number of pyridine rings is 2. The lowest BCUT2D eigenvalue weighted by Crippen LogP contribution is -2.50. The molecule has 0 saturated heterocycles. The number of nitrogens with zero attached hydrogens (tertiary/aromatic N) is 4. The topological polar surface area (TPSA) is 122 Å². The Balaban J connectivity index is 1.36. The van der Waals surface area contributed by atoms with Crippen LogP contribution in [0.2, 0.25) is 0 Å². The molecule has 0 radical (unpaired) electrons. The van der Waals surface area contributed by atoms with Crippen molar-refractivity contribution in [2.24, 2.45) is 17.8 Å². The van der Waals surface area contributed by atoms with Gasteiger partial charge < -0.3 is 15.7 Å². The van der Waals surface area contributed by atoms with E-state index in [1.807, 2.05) is 19.9 Å². The van der Waals surface area contributed by atoms with E-state index in [-0.39, 0.29) is 11.7 Å². The molecule has 3 aromatic heterocycles. The van der Waals surface area contributed by atoms with Crippen molar-refractivity contribution < 1.29 is 19.1 Å². The molecule has 0 aliphatic heterocycles. The van der Waals surface area contributed by atoms with Crippen LogP contribution in [0.4, 0.5) is 10.2 Å². The van der Waals surface area contributed by atoms with Gasteiger partial charge in [0.15, 0.2) is 0 Å². The maximum atomic E-state index is 15.1. The first-order valence-electron chi connectivity index (χ1n) is 13.6. The fourth-order valence-electron chi connectivity index (χ4n) is 5.28. The molecule has 2 saturated carbocycles. The Morgan fingerprint density at radius 1 is 1.13 bits per heavy atom. The number of hydrogen-bond acceptors (Lipinski definition) is 6. The van der Waals surface area contributed by atoms with E-state index < -0.39 is 29.9 Å². The van der Waals surface area contributed by atoms with E-state index in [1.54, 1.807) is 31.3 Å². The van der Waals surface area contributed by atoms with Crippen LogP contribution in [0, 0.1) is 37.5 Å². The zero-order chi connectivity index (χ0) is 27.7. The number of nitrogens with one attached hydrogen (secondary N) is 2. The van der Waals surface area contributed by atoms with Crippen molar-refractivity contribution >= 4 is 17.6 Å². The highest BCUT2D eigenvalue weighted by molar-refractivity contribution is 6.00. The quantitative estimate of drug-likeness (QED) is 0.319. The minimum atomic E-state index is -0.787. The number of aromatic nitrogens is 4. The van der Waals surface area contributed by atoms with Crippen molar-refractivity contribution in [3.8, 4) is 11.1 Å². The highest BCUT2D eigenvalue weighted by Gasteiger charge is 2.48. The molecule has 3 aromatic rings. The van der Waals surface area contributed by atoms with Crippen LogP contribution in [0.1, 0.15) is 60.8 Å². The third kappa shape index (κ3) is 6.33. The minimum Gasteiger partial charge on any atom is -0.393 e. The first-order valence-corrected chi connectivity index (χ1v) is 13.6. The summed E-state index contributed by atoms with van der Waals surface area (Å²) in [4.78, 5) is 35.3. The molecule has 3 N–H and O–H groups in total. The Labute approximate surface area is 227 Å². The lowest BCUT2D eigenvalue weighted by molar-refractivity contribution is -0.119. The standard InChI is InChI=1S/C29H35FN6O3/c1-16-14-22(18(3)31-15-16)21-8-9-24(33-27(21)30)34-29(39)26(25(19-4-5-19)20-6-7-20)35-28(38)23-10-12-32-36(23)13-11-17(2)37/h8-10,12,14-15,17,19-20,25-26,37H,4-7,11,13H2,1-3H3,(H,35,38)(H,33,34,39)/t17?,26-/m0/s1. The van der Waals surface area contributed by atoms with E-state index in [2.05, 4.69) is 25.7 Å². The zero-order valence-electron chi connectivity index (χ0n) is 22.5. The summed E-state index contributed by atoms with van der Waals surface area (Å²) < 4.78 is 16.7. The summed E-state index contributed by atoms with van der Waals surface area (Å²) in [5, 5.41) is 19.6. The van der Waals surface area contributed by atoms with Crippen LogP contribution in [0.25, 0.3) is 11.1 Å². The molecule has 0 aromatic carbocycles. The average Bonchev–Trinajstić information content (AvgIpc) is 3.83. The van der Waals surface area contributed by atoms with E-state index in [0.29, 0.717) is 47.3 Å². The van der Waals surface area contributed by atoms with Crippen LogP contribution in [0.15, 0.2) is 36.7 Å². The van der Waals surface area contributed by atoms with Gasteiger partial charge in [-0.25, -0.2) is 4.98 Å². The second-order valence-electron chi connectivity index (χ2n) is 11.0. The summed E-state index contributed by atoms with van der Waals surface area (Å²) in [7, 11) is 0. The lowest BCUT2D eigenvalue weighted by Gasteiger charge is -2.27. The van der Waals surface area contributed by atoms with Crippen LogP contribution in [-0.4, -0.2) is 48.8 Å². The molecule has 39 heavy (non-hydrogen) atoms. The molecule has 3 heterocycles. The van der Waals surface area contributed by atoms with Crippen molar-refractivity contribution in [2.45, 2.75) is 71.6 Å². The van der Waals surface area contributed by atoms with Gasteiger partial charge in [-0.3, -0.25) is 19.3 Å². The molecule has 2 aliphatic carbocycles. The number of carbonyl (C=O) groups excluding carboxylic acids is 2. The Kier molecular flexibility index (Phi) is 7.74. The van der Waals surface area contributed by atoms with Gasteiger partial charge in [-0.15, -0.1) is 0 Å². The summed E-state index contributed by atoms with van der Waals surface area (Å²) in [6.45, 7) is 5.76. The molecule has 0 spiro atoms. The highest BCUT2D eigenvalue weighted by Crippen LogP contribution is 2.51. The summed E-state index contributed by atoms with van der Waals surface area (Å²) >= 11 is 0. The minimum absolute atomic E-state index is 0.00734. The number of anilines is 1. The number of aliphatic hydroxyl groups excluding tert-OH is 1. The average molecular weight is 535 g/mol. The van der Waals surface area contributed by atoms with Crippen LogP contribution in [0.3, 0.4) is 0 Å². The van der Waals surface area contributed by atoms with Gasteiger partial charge in [-0.05, 0) is 100 Å². The molecule has 10 heteroatoms. The van der Waals surface area contributed by atoms with Crippen LogP contribution in [-0.2, 0) is 11.3 Å². The van der Waals surface area contributed by atoms with Crippen molar-refractivity contribution in [2.75, 3.05) is 5.32 Å². The smallest absolute Gasteiger partial charge is 0.270 e. The molecule has 5 rings (SSSR count). The van der Waals surface area contributed by atoms with Crippen LogP contribution in [0.5, 0.6) is 0 Å². The third-order valence-corrected chi connectivity index (χ3v) is 7.61. The maximum absolute atomic E-state index is 15.1. The number of rotatable bonds is 11. The molecular weight excluding hydrogens is 499 g/mol. The molecule has 206 valence electrons. The predicted octanol–water partition coefficient (Wildman–Crippen LogP) is 4.04. The predicted molar refractivity (Wildman–Crippen MR) is 144 cm³/mol. The molecule has 2 fully saturated rings. The fraction of sp³-hybridized carbons (Fsp3) is 0.483. The molecule has 0 bridgehead atoms. The normalized spacial score (nSPS) is 16.7. The summed E-state index contributed by atoms with van der Waals surface area (Å²) in [6, 6.07) is 5.84. The monoisotopic (exact) mass is 534 g/mol. The summed E-state index contributed by atoms with van der Waals surface area (Å²) in [6.07, 6.45) is 7.29. The van der Waals surface area contributed by atoms with E-state index in [9.17, 15) is 14.7 Å². The van der Waals surface area contributed by atoms with Gasteiger partial charge in [-0.2, -0.15) is 9.49 Å². The second kappa shape index (κ2) is 11.2. The molecular formula is C29H35FN6O3. The molecule has 1 unspecified atom stereocenters. The van der Waals surface area contributed by atoms with Crippen LogP contribution >= 0.6 is 0 Å². The van der Waals surface area contributed by atoms with E-state index in [4.69, 9.17) is 0 Å². The number of aliphatic hydroxyl groups is 1. The van der Waals surface area contributed by atoms with Crippen molar-refractivity contribution in [3.05, 3.63) is 59.6 Å². The van der Waals surface area contributed by atoms with Gasteiger partial charge in [0.05, 0.1) is 6.10 Å². The van der Waals surface area contributed by atoms with Gasteiger partial charge in [-0.1, -0.05) is 0 Å². The Morgan fingerprint density at radius 2 is 1.85 bits per heavy atom. The van der Waals surface area contributed by atoms with Crippen molar-refractivity contribution in [1.29, 1.82) is 0 Å². The zero-order valence-corrected chi connectivity index (χ0v) is 22.5. The van der Waals surface area contributed by atoms with Crippen molar-refractivity contribution in [3.63, 3.8) is 0 Å². The van der Waals surface area contributed by atoms with Gasteiger partial charge in [0, 0.05) is 35.8 Å². The summed E-state index contributed by atoms with van der Waals surface area (Å²) in [5.41, 5.74) is 2.88. The number of aryl methyl sites for hydroxylation is 3. The fourth-order valence-corrected chi connectivity index (χ4v) is 5.28. The third-order valence-electron chi connectivity index (χ3n) is 7.61. The van der Waals surface area contributed by atoms with E-state index in [0.717, 1.165) is 31.2 Å². The Bertz CT molecular complexity index is 1350. The number of hydrogen-bond donors (Lipinski definition) is 3. The van der Waals surface area contributed by atoms with E-state index >= 15 is 4.39 Å². The first kappa shape index (κ1) is 26.9. The molecule has 2 atom stereocenters. The second-order valence-corrected chi connectivity index (χ2v) is 11.0. The number of carbonyl (C=O) groups is 2. The largest absolute Gasteiger partial charge is 0.393 e. The van der Waals surface area contributed by atoms with Crippen LogP contribution < -0.4 is 10.6 Å². The Hall–Kier alpha value is -3.66. The maximum Gasteiger partial charge on any atom is 0.270 e. The summed E-state index contributed by atoms with van der Waals surface area (Å²) in [5.74, 6) is -0.669.